The van der Waals surface area contributed by atoms with E-state index in [1.165, 1.54) is 29.5 Å². The number of halogens is 7. The smallest absolute Gasteiger partial charge is 0.417 e. The molecule has 118 valence electrons. The zero-order chi connectivity index (χ0) is 16.4. The summed E-state index contributed by atoms with van der Waals surface area (Å²) < 4.78 is 80.7. The number of carbonyl (C=O) groups excluding carboxylic acids is 1. The Balaban J connectivity index is 3.40. The van der Waals surface area contributed by atoms with Gasteiger partial charge in [0, 0.05) is 3.57 Å². The first-order chi connectivity index (χ1) is 9.46. The van der Waals surface area contributed by atoms with Crippen molar-refractivity contribution in [2.24, 2.45) is 0 Å². The summed E-state index contributed by atoms with van der Waals surface area (Å²) in [6.07, 6.45) is -10.5. The zero-order valence-corrected chi connectivity index (χ0v) is 12.7. The first kappa shape index (κ1) is 18.1. The highest BCUT2D eigenvalue weighted by molar-refractivity contribution is 14.1. The van der Waals surface area contributed by atoms with E-state index in [0.29, 0.717) is 12.1 Å². The fourth-order valence-corrected chi connectivity index (χ4v) is 2.64. The number of esters is 1. The summed E-state index contributed by atoms with van der Waals surface area (Å²) in [4.78, 5) is 11.3. The summed E-state index contributed by atoms with van der Waals surface area (Å²) in [6, 6.07) is 0.736. The van der Waals surface area contributed by atoms with Gasteiger partial charge in [0.15, 0.2) is 0 Å². The van der Waals surface area contributed by atoms with Crippen LogP contribution in [0.5, 0.6) is 0 Å². The van der Waals surface area contributed by atoms with Crippen LogP contribution in [0.2, 0.25) is 0 Å². The number of hydrogen-bond acceptors (Lipinski definition) is 2. The van der Waals surface area contributed by atoms with Crippen molar-refractivity contribution in [3.05, 3.63) is 32.4 Å². The summed E-state index contributed by atoms with van der Waals surface area (Å²) in [5.74, 6) is -1.02. The Morgan fingerprint density at radius 1 is 1.14 bits per heavy atom. The maximum Gasteiger partial charge on any atom is 0.417 e. The second-order valence-corrected chi connectivity index (χ2v) is 5.13. The Kier molecular flexibility index (Phi) is 5.51. The fourth-order valence-electron chi connectivity index (χ4n) is 1.65. The summed E-state index contributed by atoms with van der Waals surface area (Å²) in [5.41, 5.74) is -3.23. The van der Waals surface area contributed by atoms with Crippen LogP contribution >= 0.6 is 22.6 Å². The molecule has 0 aliphatic heterocycles. The van der Waals surface area contributed by atoms with E-state index in [9.17, 15) is 31.1 Å². The van der Waals surface area contributed by atoms with Crippen LogP contribution in [-0.2, 0) is 28.3 Å². The van der Waals surface area contributed by atoms with E-state index in [-0.39, 0.29) is 6.61 Å². The van der Waals surface area contributed by atoms with Gasteiger partial charge in [-0.2, -0.15) is 26.3 Å². The first-order valence-corrected chi connectivity index (χ1v) is 6.67. The minimum absolute atomic E-state index is 0.0732. The van der Waals surface area contributed by atoms with Crippen LogP contribution in [0, 0.1) is 3.57 Å². The molecule has 0 saturated carbocycles. The van der Waals surface area contributed by atoms with Gasteiger partial charge in [-0.1, -0.05) is 0 Å². The number of benzene rings is 1. The summed E-state index contributed by atoms with van der Waals surface area (Å²) in [5, 5.41) is 0. The van der Waals surface area contributed by atoms with Crippen molar-refractivity contribution >= 4 is 28.6 Å². The van der Waals surface area contributed by atoms with Crippen LogP contribution in [0.15, 0.2) is 12.1 Å². The first-order valence-electron chi connectivity index (χ1n) is 5.59. The van der Waals surface area contributed by atoms with Crippen LogP contribution < -0.4 is 0 Å². The lowest BCUT2D eigenvalue weighted by molar-refractivity contribution is -0.145. The molecule has 0 aliphatic carbocycles. The van der Waals surface area contributed by atoms with Gasteiger partial charge in [0.05, 0.1) is 24.2 Å². The second-order valence-electron chi connectivity index (χ2n) is 3.97. The number of hydrogen-bond donors (Lipinski definition) is 0. The molecule has 0 aromatic heterocycles. The standard InChI is InChI=1S/C12H9F6IO2/c1-2-21-9(20)4-6-3-7(11(13,14)15)5-8(19)10(6)12(16,17)18/h3,5H,2,4H2,1H3. The van der Waals surface area contributed by atoms with Crippen molar-refractivity contribution < 1.29 is 35.9 Å². The average Bonchev–Trinajstić information content (AvgIpc) is 2.25. The Bertz CT molecular complexity index is 536. The molecular formula is C12H9F6IO2. The fraction of sp³-hybridized carbons (Fsp3) is 0.417. The molecule has 0 N–H and O–H groups in total. The van der Waals surface area contributed by atoms with E-state index in [1.807, 2.05) is 0 Å². The molecule has 0 bridgehead atoms. The minimum Gasteiger partial charge on any atom is -0.466 e. The molecule has 0 radical (unpaired) electrons. The highest BCUT2D eigenvalue weighted by Crippen LogP contribution is 2.39. The molecule has 1 aromatic rings. The SMILES string of the molecule is CCOC(=O)Cc1cc(C(F)(F)F)cc(I)c1C(F)(F)F. The highest BCUT2D eigenvalue weighted by atomic mass is 127. The molecule has 2 nitrogen and oxygen atoms in total. The van der Waals surface area contributed by atoms with Crippen LogP contribution in [0.4, 0.5) is 26.3 Å². The topological polar surface area (TPSA) is 26.3 Å². The van der Waals surface area contributed by atoms with Crippen molar-refractivity contribution in [2.45, 2.75) is 25.7 Å². The molecule has 0 saturated heterocycles. The Hall–Kier alpha value is -1.00. The van der Waals surface area contributed by atoms with Gasteiger partial charge in [-0.3, -0.25) is 4.79 Å². The maximum atomic E-state index is 12.9. The van der Waals surface area contributed by atoms with E-state index in [2.05, 4.69) is 4.74 Å². The van der Waals surface area contributed by atoms with E-state index in [0.717, 1.165) is 0 Å². The van der Waals surface area contributed by atoms with E-state index < -0.39 is 45.0 Å². The summed E-state index contributed by atoms with van der Waals surface area (Å²) >= 11 is 1.17. The molecule has 0 amide bonds. The van der Waals surface area contributed by atoms with Crippen LogP contribution in [0.3, 0.4) is 0 Å². The Morgan fingerprint density at radius 3 is 2.14 bits per heavy atom. The Morgan fingerprint density at radius 2 is 1.71 bits per heavy atom. The van der Waals surface area contributed by atoms with Crippen molar-refractivity contribution in [1.82, 2.24) is 0 Å². The molecule has 0 atom stereocenters. The van der Waals surface area contributed by atoms with Gasteiger partial charge in [0.25, 0.3) is 0 Å². The third kappa shape index (κ3) is 4.75. The zero-order valence-electron chi connectivity index (χ0n) is 10.5. The van der Waals surface area contributed by atoms with Gasteiger partial charge in [-0.25, -0.2) is 0 Å². The molecule has 0 fully saturated rings. The van der Waals surface area contributed by atoms with E-state index in [4.69, 9.17) is 0 Å². The molecule has 1 aromatic carbocycles. The summed E-state index contributed by atoms with van der Waals surface area (Å²) in [7, 11) is 0. The average molecular weight is 426 g/mol. The van der Waals surface area contributed by atoms with Crippen molar-refractivity contribution in [3.8, 4) is 0 Å². The second kappa shape index (κ2) is 6.41. The number of alkyl halides is 6. The molecule has 1 rings (SSSR count). The number of carbonyl (C=O) groups is 1. The third-order valence-electron chi connectivity index (χ3n) is 2.42. The van der Waals surface area contributed by atoms with Crippen molar-refractivity contribution in [1.29, 1.82) is 0 Å². The van der Waals surface area contributed by atoms with Gasteiger partial charge >= 0.3 is 18.3 Å². The van der Waals surface area contributed by atoms with Crippen LogP contribution in [0.25, 0.3) is 0 Å². The monoisotopic (exact) mass is 426 g/mol. The largest absolute Gasteiger partial charge is 0.466 e. The highest BCUT2D eigenvalue weighted by Gasteiger charge is 2.39. The Labute approximate surface area is 129 Å². The van der Waals surface area contributed by atoms with Crippen molar-refractivity contribution in [3.63, 3.8) is 0 Å². The molecule has 21 heavy (non-hydrogen) atoms. The van der Waals surface area contributed by atoms with Gasteiger partial charge in [0.1, 0.15) is 0 Å². The number of rotatable bonds is 3. The van der Waals surface area contributed by atoms with Gasteiger partial charge in [-0.05, 0) is 47.2 Å². The minimum atomic E-state index is -4.86. The van der Waals surface area contributed by atoms with E-state index in [1.54, 1.807) is 0 Å². The predicted molar refractivity (Wildman–Crippen MR) is 69.5 cm³/mol. The van der Waals surface area contributed by atoms with Crippen LogP contribution in [0.1, 0.15) is 23.6 Å². The lowest BCUT2D eigenvalue weighted by atomic mass is 10.0. The van der Waals surface area contributed by atoms with Gasteiger partial charge in [0.2, 0.25) is 0 Å². The van der Waals surface area contributed by atoms with E-state index >= 15 is 0 Å². The molecule has 9 heteroatoms. The lowest BCUT2D eigenvalue weighted by Crippen LogP contribution is -2.18. The number of ether oxygens (including phenoxy) is 1. The van der Waals surface area contributed by atoms with Crippen molar-refractivity contribution in [2.75, 3.05) is 6.61 Å². The molecule has 0 spiro atoms. The lowest BCUT2D eigenvalue weighted by Gasteiger charge is -2.17. The molecule has 0 heterocycles. The third-order valence-corrected chi connectivity index (χ3v) is 3.27. The maximum absolute atomic E-state index is 12.9. The molecular weight excluding hydrogens is 417 g/mol. The summed E-state index contributed by atoms with van der Waals surface area (Å²) in [6.45, 7) is 1.37. The normalized spacial score (nSPS) is 12.4. The van der Waals surface area contributed by atoms with Crippen LogP contribution in [-0.4, -0.2) is 12.6 Å². The molecule has 0 unspecified atom stereocenters. The van der Waals surface area contributed by atoms with Gasteiger partial charge in [-0.15, -0.1) is 0 Å². The predicted octanol–water partition coefficient (Wildman–Crippen LogP) is 4.43. The molecule has 0 aliphatic rings. The quantitative estimate of drug-likeness (QED) is 0.406. The van der Waals surface area contributed by atoms with Gasteiger partial charge < -0.3 is 4.74 Å².